The van der Waals surface area contributed by atoms with E-state index in [1.165, 1.54) is 24.3 Å². The van der Waals surface area contributed by atoms with E-state index in [1.54, 1.807) is 17.7 Å². The number of carbonyl (C=O) groups excluding carboxylic acids is 2. The first-order valence-electron chi connectivity index (χ1n) is 9.14. The fraction of sp³-hybridized carbons (Fsp3) is 0.200. The van der Waals surface area contributed by atoms with E-state index in [0.717, 1.165) is 23.9 Å². The Morgan fingerprint density at radius 1 is 1.03 bits per heavy atom. The minimum absolute atomic E-state index is 0.0189. The molecule has 0 bridgehead atoms. The van der Waals surface area contributed by atoms with E-state index >= 15 is 0 Å². The van der Waals surface area contributed by atoms with Gasteiger partial charge in [0.1, 0.15) is 11.6 Å². The van der Waals surface area contributed by atoms with Crippen LogP contribution in [0.5, 0.6) is 0 Å². The summed E-state index contributed by atoms with van der Waals surface area (Å²) in [5, 5.41) is 13.6. The van der Waals surface area contributed by atoms with E-state index < -0.39 is 29.3 Å². The van der Waals surface area contributed by atoms with Gasteiger partial charge in [-0.2, -0.15) is 0 Å². The molecule has 0 fully saturated rings. The summed E-state index contributed by atoms with van der Waals surface area (Å²) >= 11 is 1.11. The standard InChI is InChI=1S/C20H18F3N5O2S/c1-28-17(8-9-24-19(30)13-4-2-3-5-14(13)21)26-27-20(28)31-11-18(29)25-12-6-7-15(22)16(23)10-12/h2-7,10H,8-9,11H2,1H3,(H,24,30)(H,25,29). The van der Waals surface area contributed by atoms with Gasteiger partial charge in [0, 0.05) is 31.8 Å². The smallest absolute Gasteiger partial charge is 0.254 e. The molecule has 0 saturated heterocycles. The molecule has 2 amide bonds. The van der Waals surface area contributed by atoms with Crippen LogP contribution in [-0.2, 0) is 18.3 Å². The lowest BCUT2D eigenvalue weighted by Gasteiger charge is -2.07. The van der Waals surface area contributed by atoms with Crippen molar-refractivity contribution in [2.45, 2.75) is 11.6 Å². The van der Waals surface area contributed by atoms with Crippen molar-refractivity contribution in [3.63, 3.8) is 0 Å². The van der Waals surface area contributed by atoms with E-state index in [9.17, 15) is 22.8 Å². The van der Waals surface area contributed by atoms with Gasteiger partial charge in [0.2, 0.25) is 5.91 Å². The van der Waals surface area contributed by atoms with Gasteiger partial charge in [-0.1, -0.05) is 23.9 Å². The molecule has 0 atom stereocenters. The number of benzene rings is 2. The predicted octanol–water partition coefficient (Wildman–Crippen LogP) is 2.94. The van der Waals surface area contributed by atoms with Crippen molar-refractivity contribution < 1.29 is 22.8 Å². The van der Waals surface area contributed by atoms with Crippen molar-refractivity contribution >= 4 is 29.3 Å². The second-order valence-electron chi connectivity index (χ2n) is 6.41. The number of halogens is 3. The Hall–Kier alpha value is -3.34. The Morgan fingerprint density at radius 3 is 2.55 bits per heavy atom. The molecule has 0 aliphatic carbocycles. The van der Waals surface area contributed by atoms with Crippen molar-refractivity contribution in [2.24, 2.45) is 7.05 Å². The molecule has 1 heterocycles. The molecule has 1 aromatic heterocycles. The summed E-state index contributed by atoms with van der Waals surface area (Å²) in [7, 11) is 1.71. The summed E-state index contributed by atoms with van der Waals surface area (Å²) in [4.78, 5) is 24.1. The Morgan fingerprint density at radius 2 is 1.81 bits per heavy atom. The first-order chi connectivity index (χ1) is 14.8. The monoisotopic (exact) mass is 449 g/mol. The van der Waals surface area contributed by atoms with Crippen LogP contribution in [0.4, 0.5) is 18.9 Å². The number of hydrogen-bond acceptors (Lipinski definition) is 5. The number of nitrogens with zero attached hydrogens (tertiary/aromatic N) is 3. The average molecular weight is 449 g/mol. The Kier molecular flexibility index (Phi) is 7.29. The van der Waals surface area contributed by atoms with Crippen LogP contribution in [0.1, 0.15) is 16.2 Å². The fourth-order valence-electron chi connectivity index (χ4n) is 2.62. The van der Waals surface area contributed by atoms with Gasteiger partial charge >= 0.3 is 0 Å². The molecule has 0 aliphatic heterocycles. The number of amides is 2. The van der Waals surface area contributed by atoms with Gasteiger partial charge in [-0.3, -0.25) is 9.59 Å². The van der Waals surface area contributed by atoms with Crippen molar-refractivity contribution in [2.75, 3.05) is 17.6 Å². The molecule has 7 nitrogen and oxygen atoms in total. The summed E-state index contributed by atoms with van der Waals surface area (Å²) in [6.07, 6.45) is 0.352. The number of hydrogen-bond donors (Lipinski definition) is 2. The SMILES string of the molecule is Cn1c(CCNC(=O)c2ccccc2F)nnc1SCC(=O)Nc1ccc(F)c(F)c1. The molecule has 0 aliphatic rings. The normalized spacial score (nSPS) is 10.7. The summed E-state index contributed by atoms with van der Waals surface area (Å²) in [6, 6.07) is 8.77. The molecular weight excluding hydrogens is 431 g/mol. The van der Waals surface area contributed by atoms with Gasteiger partial charge in [-0.05, 0) is 24.3 Å². The Labute approximate surface area is 180 Å². The second-order valence-corrected chi connectivity index (χ2v) is 7.35. The van der Waals surface area contributed by atoms with Crippen LogP contribution in [-0.4, -0.2) is 38.9 Å². The van der Waals surface area contributed by atoms with Gasteiger partial charge in [0.05, 0.1) is 11.3 Å². The molecule has 2 N–H and O–H groups in total. The predicted molar refractivity (Wildman–Crippen MR) is 109 cm³/mol. The van der Waals surface area contributed by atoms with Crippen LogP contribution in [0.15, 0.2) is 47.6 Å². The quantitative estimate of drug-likeness (QED) is 0.517. The van der Waals surface area contributed by atoms with E-state index in [-0.39, 0.29) is 23.5 Å². The lowest BCUT2D eigenvalue weighted by atomic mass is 10.2. The van der Waals surface area contributed by atoms with E-state index in [4.69, 9.17) is 0 Å². The lowest BCUT2D eigenvalue weighted by molar-refractivity contribution is -0.113. The third-order valence-electron chi connectivity index (χ3n) is 4.21. The van der Waals surface area contributed by atoms with Crippen molar-refractivity contribution in [1.29, 1.82) is 0 Å². The summed E-state index contributed by atoms with van der Waals surface area (Å²) in [5.41, 5.74) is 0.109. The van der Waals surface area contributed by atoms with E-state index in [1.807, 2.05) is 0 Å². The average Bonchev–Trinajstić information content (AvgIpc) is 3.09. The molecule has 0 unspecified atom stereocenters. The van der Waals surface area contributed by atoms with Gasteiger partial charge in [-0.25, -0.2) is 13.2 Å². The second kappa shape index (κ2) is 10.1. The molecule has 0 saturated carbocycles. The van der Waals surface area contributed by atoms with Crippen molar-refractivity contribution in [1.82, 2.24) is 20.1 Å². The number of thioether (sulfide) groups is 1. The maximum atomic E-state index is 13.6. The third kappa shape index (κ3) is 5.85. The molecule has 31 heavy (non-hydrogen) atoms. The van der Waals surface area contributed by atoms with Crippen LogP contribution in [0.2, 0.25) is 0 Å². The van der Waals surface area contributed by atoms with Gasteiger partial charge in [-0.15, -0.1) is 10.2 Å². The number of nitrogens with one attached hydrogen (secondary N) is 2. The highest BCUT2D eigenvalue weighted by Crippen LogP contribution is 2.18. The summed E-state index contributed by atoms with van der Waals surface area (Å²) in [5.74, 6) is -3.04. The molecule has 3 rings (SSSR count). The van der Waals surface area contributed by atoms with E-state index in [2.05, 4.69) is 20.8 Å². The third-order valence-corrected chi connectivity index (χ3v) is 5.23. The first-order valence-corrected chi connectivity index (χ1v) is 10.1. The summed E-state index contributed by atoms with van der Waals surface area (Å²) in [6.45, 7) is 0.223. The van der Waals surface area contributed by atoms with E-state index in [0.29, 0.717) is 17.4 Å². The van der Waals surface area contributed by atoms with Crippen LogP contribution in [0.3, 0.4) is 0 Å². The molecule has 2 aromatic carbocycles. The number of carbonyl (C=O) groups is 2. The van der Waals surface area contributed by atoms with Crippen LogP contribution in [0, 0.1) is 17.5 Å². The largest absolute Gasteiger partial charge is 0.351 e. The first kappa shape index (κ1) is 22.3. The zero-order valence-electron chi connectivity index (χ0n) is 16.4. The molecule has 0 spiro atoms. The number of rotatable bonds is 8. The summed E-state index contributed by atoms with van der Waals surface area (Å²) < 4.78 is 41.4. The van der Waals surface area contributed by atoms with Gasteiger partial charge in [0.25, 0.3) is 5.91 Å². The molecular formula is C20H18F3N5O2S. The maximum Gasteiger partial charge on any atom is 0.254 e. The topological polar surface area (TPSA) is 88.9 Å². The van der Waals surface area contributed by atoms with Crippen LogP contribution in [0.25, 0.3) is 0 Å². The molecule has 162 valence electrons. The van der Waals surface area contributed by atoms with Gasteiger partial charge in [0.15, 0.2) is 16.8 Å². The zero-order chi connectivity index (χ0) is 22.4. The van der Waals surface area contributed by atoms with Gasteiger partial charge < -0.3 is 15.2 Å². The molecule has 3 aromatic rings. The highest BCUT2D eigenvalue weighted by atomic mass is 32.2. The van der Waals surface area contributed by atoms with Crippen molar-refractivity contribution in [3.8, 4) is 0 Å². The number of anilines is 1. The highest BCUT2D eigenvalue weighted by molar-refractivity contribution is 7.99. The highest BCUT2D eigenvalue weighted by Gasteiger charge is 2.14. The molecule has 0 radical (unpaired) electrons. The molecule has 11 heteroatoms. The Bertz CT molecular complexity index is 1110. The minimum Gasteiger partial charge on any atom is -0.351 e. The van der Waals surface area contributed by atoms with Crippen molar-refractivity contribution in [3.05, 3.63) is 71.3 Å². The maximum absolute atomic E-state index is 13.6. The Balaban J connectivity index is 1.48. The van der Waals surface area contributed by atoms with Crippen LogP contribution < -0.4 is 10.6 Å². The number of aromatic nitrogens is 3. The fourth-order valence-corrected chi connectivity index (χ4v) is 3.35. The van der Waals surface area contributed by atoms with Crippen LogP contribution >= 0.6 is 11.8 Å². The zero-order valence-corrected chi connectivity index (χ0v) is 17.2. The minimum atomic E-state index is -1.05. The lowest BCUT2D eigenvalue weighted by Crippen LogP contribution is -2.27.